The number of sulfonamides is 1. The van der Waals surface area contributed by atoms with Crippen molar-refractivity contribution in [3.05, 3.63) is 24.0 Å². The minimum Gasteiger partial charge on any atom is -0.399 e. The van der Waals surface area contributed by atoms with Crippen molar-refractivity contribution in [3.63, 3.8) is 0 Å². The molecule has 3 N–H and O–H groups in total. The van der Waals surface area contributed by atoms with Crippen LogP contribution in [0.15, 0.2) is 23.1 Å². The van der Waals surface area contributed by atoms with Gasteiger partial charge in [0.05, 0.1) is 0 Å². The lowest BCUT2D eigenvalue weighted by Gasteiger charge is -2.29. The van der Waals surface area contributed by atoms with E-state index in [9.17, 15) is 12.8 Å². The molecule has 0 aliphatic heterocycles. The van der Waals surface area contributed by atoms with Crippen molar-refractivity contribution in [3.8, 4) is 0 Å². The van der Waals surface area contributed by atoms with Crippen molar-refractivity contribution in [2.45, 2.75) is 36.3 Å². The number of hydrogen-bond donors (Lipinski definition) is 2. The minimum absolute atomic E-state index is 0.169. The van der Waals surface area contributed by atoms with Gasteiger partial charge < -0.3 is 5.73 Å². The Morgan fingerprint density at radius 1 is 1.35 bits per heavy atom. The lowest BCUT2D eigenvalue weighted by atomic mass is 10.0. The van der Waals surface area contributed by atoms with E-state index in [0.717, 1.165) is 18.9 Å². The molecular formula is C13H21FN2O2S2. The summed E-state index contributed by atoms with van der Waals surface area (Å²) in [5, 5.41) is 0. The second-order valence-corrected chi connectivity index (χ2v) is 7.62. The van der Waals surface area contributed by atoms with E-state index >= 15 is 0 Å². The topological polar surface area (TPSA) is 72.2 Å². The SMILES string of the molecule is CCC(CC)(CNS(=O)(=O)c1ccc(N)cc1F)SC. The largest absolute Gasteiger partial charge is 0.399 e. The first-order valence-electron chi connectivity index (χ1n) is 6.40. The maximum absolute atomic E-state index is 13.7. The van der Waals surface area contributed by atoms with E-state index in [-0.39, 0.29) is 21.9 Å². The summed E-state index contributed by atoms with van der Waals surface area (Å²) >= 11 is 1.62. The lowest BCUT2D eigenvalue weighted by molar-refractivity contribution is 0.516. The molecule has 0 aliphatic carbocycles. The maximum Gasteiger partial charge on any atom is 0.243 e. The Kier molecular flexibility index (Phi) is 5.85. The van der Waals surface area contributed by atoms with Crippen LogP contribution in [0.1, 0.15) is 26.7 Å². The highest BCUT2D eigenvalue weighted by atomic mass is 32.2. The van der Waals surface area contributed by atoms with Crippen LogP contribution in [0.25, 0.3) is 0 Å². The van der Waals surface area contributed by atoms with Gasteiger partial charge in [-0.05, 0) is 37.3 Å². The van der Waals surface area contributed by atoms with Gasteiger partial charge in [0.1, 0.15) is 10.7 Å². The first kappa shape index (κ1) is 17.3. The summed E-state index contributed by atoms with van der Waals surface area (Å²) in [5.74, 6) is -0.833. The molecule has 114 valence electrons. The van der Waals surface area contributed by atoms with Gasteiger partial charge in [0.15, 0.2) is 0 Å². The van der Waals surface area contributed by atoms with E-state index in [1.54, 1.807) is 11.8 Å². The van der Waals surface area contributed by atoms with E-state index in [0.29, 0.717) is 0 Å². The molecule has 1 rings (SSSR count). The Bertz CT molecular complexity index is 549. The molecule has 7 heteroatoms. The molecule has 0 radical (unpaired) electrons. The van der Waals surface area contributed by atoms with Crippen LogP contribution in [0.4, 0.5) is 10.1 Å². The van der Waals surface area contributed by atoms with Crippen LogP contribution in [-0.4, -0.2) is 26.0 Å². The summed E-state index contributed by atoms with van der Waals surface area (Å²) in [6.45, 7) is 4.30. The second-order valence-electron chi connectivity index (χ2n) is 4.61. The first-order chi connectivity index (χ1) is 9.30. The van der Waals surface area contributed by atoms with E-state index in [1.807, 2.05) is 20.1 Å². The zero-order valence-electron chi connectivity index (χ0n) is 11.9. The predicted octanol–water partition coefficient (Wildman–Crippen LogP) is 2.61. The van der Waals surface area contributed by atoms with Crippen LogP contribution in [0.3, 0.4) is 0 Å². The fourth-order valence-electron chi connectivity index (χ4n) is 1.90. The molecule has 0 fully saturated rings. The van der Waals surface area contributed by atoms with Crippen molar-refractivity contribution >= 4 is 27.5 Å². The van der Waals surface area contributed by atoms with Crippen molar-refractivity contribution in [1.29, 1.82) is 0 Å². The number of hydrogen-bond acceptors (Lipinski definition) is 4. The van der Waals surface area contributed by atoms with Crippen molar-refractivity contribution in [1.82, 2.24) is 4.72 Å². The number of nitrogen functional groups attached to an aromatic ring is 1. The summed E-state index contributed by atoms with van der Waals surface area (Å²) in [5.41, 5.74) is 5.62. The van der Waals surface area contributed by atoms with E-state index < -0.39 is 15.8 Å². The molecule has 0 unspecified atom stereocenters. The molecule has 0 aliphatic rings. The Hall–Kier alpha value is -0.790. The van der Waals surface area contributed by atoms with Gasteiger partial charge in [0, 0.05) is 17.0 Å². The summed E-state index contributed by atoms with van der Waals surface area (Å²) in [7, 11) is -3.87. The van der Waals surface area contributed by atoms with Gasteiger partial charge >= 0.3 is 0 Å². The van der Waals surface area contributed by atoms with E-state index in [2.05, 4.69) is 4.72 Å². The summed E-state index contributed by atoms with van der Waals surface area (Å²) in [4.78, 5) is -0.367. The molecule has 20 heavy (non-hydrogen) atoms. The number of nitrogens with two attached hydrogens (primary N) is 1. The van der Waals surface area contributed by atoms with Gasteiger partial charge in [0.25, 0.3) is 0 Å². The highest BCUT2D eigenvalue weighted by Gasteiger charge is 2.28. The monoisotopic (exact) mass is 320 g/mol. The fourth-order valence-corrected chi connectivity index (χ4v) is 3.97. The van der Waals surface area contributed by atoms with Crippen LogP contribution in [0.2, 0.25) is 0 Å². The molecule has 4 nitrogen and oxygen atoms in total. The molecule has 0 saturated heterocycles. The molecule has 0 saturated carbocycles. The molecule has 0 amide bonds. The molecule has 0 aromatic heterocycles. The van der Waals surface area contributed by atoms with Gasteiger partial charge in [-0.25, -0.2) is 17.5 Å². The smallest absolute Gasteiger partial charge is 0.243 e. The minimum atomic E-state index is -3.87. The number of rotatable bonds is 7. The fraction of sp³-hybridized carbons (Fsp3) is 0.538. The van der Waals surface area contributed by atoms with Crippen molar-refractivity contribution in [2.24, 2.45) is 0 Å². The normalized spacial score (nSPS) is 12.6. The summed E-state index contributed by atoms with van der Waals surface area (Å²) < 4.78 is 40.4. The van der Waals surface area contributed by atoms with Crippen LogP contribution in [0.5, 0.6) is 0 Å². The average Bonchev–Trinajstić information content (AvgIpc) is 2.40. The maximum atomic E-state index is 13.7. The van der Waals surface area contributed by atoms with E-state index in [1.165, 1.54) is 12.1 Å². The van der Waals surface area contributed by atoms with Crippen molar-refractivity contribution < 1.29 is 12.8 Å². The molecule has 0 spiro atoms. The molecule has 0 bridgehead atoms. The third-order valence-electron chi connectivity index (χ3n) is 3.55. The number of anilines is 1. The standard InChI is InChI=1S/C13H21FN2O2S2/c1-4-13(5-2,19-3)9-16-20(17,18)12-7-6-10(15)8-11(12)14/h6-8,16H,4-5,9,15H2,1-3H3. The van der Waals surface area contributed by atoms with Crippen LogP contribution >= 0.6 is 11.8 Å². The summed E-state index contributed by atoms with van der Waals surface area (Å²) in [6, 6.07) is 3.57. The number of thioether (sulfide) groups is 1. The van der Waals surface area contributed by atoms with Gasteiger partial charge in [-0.3, -0.25) is 0 Å². The Balaban J connectivity index is 2.96. The van der Waals surface area contributed by atoms with Gasteiger partial charge in [-0.1, -0.05) is 13.8 Å². The van der Waals surface area contributed by atoms with Crippen molar-refractivity contribution in [2.75, 3.05) is 18.5 Å². The Morgan fingerprint density at radius 3 is 2.40 bits per heavy atom. The average molecular weight is 320 g/mol. The van der Waals surface area contributed by atoms with Crippen LogP contribution < -0.4 is 10.5 Å². The van der Waals surface area contributed by atoms with E-state index in [4.69, 9.17) is 5.73 Å². The lowest BCUT2D eigenvalue weighted by Crippen LogP contribution is -2.39. The molecule has 1 aromatic rings. The van der Waals surface area contributed by atoms with Crippen LogP contribution in [-0.2, 0) is 10.0 Å². The molecule has 1 aromatic carbocycles. The summed E-state index contributed by atoms with van der Waals surface area (Å²) in [6.07, 6.45) is 3.61. The van der Waals surface area contributed by atoms with Crippen LogP contribution in [0, 0.1) is 5.82 Å². The number of benzene rings is 1. The number of halogens is 1. The molecule has 0 heterocycles. The first-order valence-corrected chi connectivity index (χ1v) is 9.11. The Labute approximate surface area is 124 Å². The number of nitrogens with one attached hydrogen (secondary N) is 1. The highest BCUT2D eigenvalue weighted by molar-refractivity contribution is 8.00. The molecular weight excluding hydrogens is 299 g/mol. The zero-order valence-corrected chi connectivity index (χ0v) is 13.6. The Morgan fingerprint density at radius 2 is 1.95 bits per heavy atom. The third-order valence-corrected chi connectivity index (χ3v) is 6.57. The molecule has 0 atom stereocenters. The predicted molar refractivity (Wildman–Crippen MR) is 82.8 cm³/mol. The van der Waals surface area contributed by atoms with Gasteiger partial charge in [0.2, 0.25) is 10.0 Å². The van der Waals surface area contributed by atoms with Gasteiger partial charge in [-0.2, -0.15) is 11.8 Å². The third kappa shape index (κ3) is 3.86. The highest BCUT2D eigenvalue weighted by Crippen LogP contribution is 2.30. The zero-order chi connectivity index (χ0) is 15.4. The second kappa shape index (κ2) is 6.78. The van der Waals surface area contributed by atoms with Gasteiger partial charge in [-0.15, -0.1) is 0 Å². The quantitative estimate of drug-likeness (QED) is 0.758.